The van der Waals surface area contributed by atoms with E-state index in [-0.39, 0.29) is 11.7 Å². The molecule has 0 atom stereocenters. The Labute approximate surface area is 94.4 Å². The number of ether oxygens (including phenoxy) is 1. The quantitative estimate of drug-likeness (QED) is 0.733. The number of hydrogen-bond acceptors (Lipinski definition) is 2. The molecular weight excluding hydrogens is 207 g/mol. The van der Waals surface area contributed by atoms with E-state index in [9.17, 15) is 9.18 Å². The summed E-state index contributed by atoms with van der Waals surface area (Å²) in [7, 11) is 0. The number of hydrogen-bond donors (Lipinski definition) is 0. The van der Waals surface area contributed by atoms with Gasteiger partial charge in [-0.3, -0.25) is 4.79 Å². The van der Waals surface area contributed by atoms with Crippen LogP contribution in [0.25, 0.3) is 0 Å². The molecule has 1 aromatic carbocycles. The summed E-state index contributed by atoms with van der Waals surface area (Å²) in [6.45, 7) is 0. The highest BCUT2D eigenvalue weighted by Gasteiger charge is 2.15. The van der Waals surface area contributed by atoms with Crippen LogP contribution in [-0.2, 0) is 0 Å². The number of aldehydes is 1. The van der Waals surface area contributed by atoms with Crippen LogP contribution in [0.2, 0.25) is 0 Å². The molecule has 1 aliphatic rings. The van der Waals surface area contributed by atoms with Gasteiger partial charge in [-0.05, 0) is 37.8 Å². The van der Waals surface area contributed by atoms with Crippen LogP contribution >= 0.6 is 0 Å². The van der Waals surface area contributed by atoms with Crippen molar-refractivity contribution in [1.29, 1.82) is 0 Å². The SMILES string of the molecule is O=Cc1ccc(OC2CCCCC2)cc1F. The first-order valence-corrected chi connectivity index (χ1v) is 5.71. The molecule has 0 amide bonds. The molecule has 2 rings (SSSR count). The fraction of sp³-hybridized carbons (Fsp3) is 0.462. The molecule has 0 saturated heterocycles. The molecule has 0 bridgehead atoms. The van der Waals surface area contributed by atoms with Gasteiger partial charge < -0.3 is 4.74 Å². The normalized spacial score (nSPS) is 17.1. The number of halogens is 1. The summed E-state index contributed by atoms with van der Waals surface area (Å²) in [5.74, 6) is 0.0123. The lowest BCUT2D eigenvalue weighted by Gasteiger charge is -2.23. The summed E-state index contributed by atoms with van der Waals surface area (Å²) in [5, 5.41) is 0. The predicted octanol–water partition coefficient (Wildman–Crippen LogP) is 3.35. The van der Waals surface area contributed by atoms with Crippen LogP contribution in [-0.4, -0.2) is 12.4 Å². The molecule has 16 heavy (non-hydrogen) atoms. The Bertz CT molecular complexity index is 370. The fourth-order valence-corrected chi connectivity index (χ4v) is 2.05. The van der Waals surface area contributed by atoms with Crippen LogP contribution in [0.1, 0.15) is 42.5 Å². The van der Waals surface area contributed by atoms with Crippen molar-refractivity contribution in [1.82, 2.24) is 0 Å². The predicted molar refractivity (Wildman–Crippen MR) is 59.3 cm³/mol. The Balaban J connectivity index is 2.03. The van der Waals surface area contributed by atoms with Crippen LogP contribution in [0.4, 0.5) is 4.39 Å². The number of carbonyl (C=O) groups excluding carboxylic acids is 1. The zero-order valence-corrected chi connectivity index (χ0v) is 9.12. The highest BCUT2D eigenvalue weighted by atomic mass is 19.1. The molecule has 0 spiro atoms. The standard InChI is InChI=1S/C13H15FO2/c14-13-8-12(7-6-10(13)9-15)16-11-4-2-1-3-5-11/h6-9,11H,1-5H2. The van der Waals surface area contributed by atoms with E-state index in [4.69, 9.17) is 4.74 Å². The second-order valence-corrected chi connectivity index (χ2v) is 4.18. The maximum Gasteiger partial charge on any atom is 0.152 e. The van der Waals surface area contributed by atoms with E-state index in [0.717, 1.165) is 12.8 Å². The third kappa shape index (κ3) is 2.60. The van der Waals surface area contributed by atoms with Gasteiger partial charge in [0.1, 0.15) is 11.6 Å². The Kier molecular flexibility index (Phi) is 3.54. The van der Waals surface area contributed by atoms with Gasteiger partial charge >= 0.3 is 0 Å². The molecule has 1 aromatic rings. The topological polar surface area (TPSA) is 26.3 Å². The van der Waals surface area contributed by atoms with E-state index in [0.29, 0.717) is 12.0 Å². The van der Waals surface area contributed by atoms with E-state index in [1.165, 1.54) is 31.4 Å². The van der Waals surface area contributed by atoms with Crippen molar-refractivity contribution in [3.63, 3.8) is 0 Å². The lowest BCUT2D eigenvalue weighted by molar-refractivity contribution is 0.111. The van der Waals surface area contributed by atoms with Gasteiger partial charge in [0.2, 0.25) is 0 Å². The summed E-state index contributed by atoms with van der Waals surface area (Å²) in [6, 6.07) is 4.40. The molecule has 86 valence electrons. The average Bonchev–Trinajstić information content (AvgIpc) is 2.31. The van der Waals surface area contributed by atoms with E-state index >= 15 is 0 Å². The molecular formula is C13H15FO2. The molecule has 0 heterocycles. The second kappa shape index (κ2) is 5.10. The van der Waals surface area contributed by atoms with Crippen molar-refractivity contribution < 1.29 is 13.9 Å². The van der Waals surface area contributed by atoms with E-state index in [1.54, 1.807) is 6.07 Å². The largest absolute Gasteiger partial charge is 0.490 e. The van der Waals surface area contributed by atoms with Crippen LogP contribution in [0, 0.1) is 5.82 Å². The highest BCUT2D eigenvalue weighted by molar-refractivity contribution is 5.75. The number of rotatable bonds is 3. The number of benzene rings is 1. The van der Waals surface area contributed by atoms with E-state index < -0.39 is 5.82 Å². The van der Waals surface area contributed by atoms with Gasteiger partial charge in [0, 0.05) is 6.07 Å². The maximum absolute atomic E-state index is 13.3. The summed E-state index contributed by atoms with van der Waals surface area (Å²) in [6.07, 6.45) is 6.42. The molecule has 0 unspecified atom stereocenters. The molecule has 0 aromatic heterocycles. The first-order chi connectivity index (χ1) is 7.79. The molecule has 0 radical (unpaired) electrons. The van der Waals surface area contributed by atoms with Crippen LogP contribution in [0.5, 0.6) is 5.75 Å². The van der Waals surface area contributed by atoms with Gasteiger partial charge in [0.05, 0.1) is 11.7 Å². The molecule has 2 nitrogen and oxygen atoms in total. The zero-order valence-electron chi connectivity index (χ0n) is 9.12. The van der Waals surface area contributed by atoms with E-state index in [2.05, 4.69) is 0 Å². The lowest BCUT2D eigenvalue weighted by atomic mass is 9.98. The molecule has 0 aliphatic heterocycles. The first-order valence-electron chi connectivity index (χ1n) is 5.71. The van der Waals surface area contributed by atoms with Crippen LogP contribution in [0.15, 0.2) is 18.2 Å². The Hall–Kier alpha value is -1.38. The van der Waals surface area contributed by atoms with Gasteiger partial charge in [0.25, 0.3) is 0 Å². The average molecular weight is 222 g/mol. The Morgan fingerprint density at radius 2 is 2.00 bits per heavy atom. The smallest absolute Gasteiger partial charge is 0.152 e. The summed E-state index contributed by atoms with van der Waals surface area (Å²) >= 11 is 0. The summed E-state index contributed by atoms with van der Waals surface area (Å²) < 4.78 is 19.0. The summed E-state index contributed by atoms with van der Waals surface area (Å²) in [4.78, 5) is 10.4. The third-order valence-electron chi connectivity index (χ3n) is 2.95. The van der Waals surface area contributed by atoms with Crippen molar-refractivity contribution in [2.45, 2.75) is 38.2 Å². The molecule has 1 aliphatic carbocycles. The van der Waals surface area contributed by atoms with Crippen molar-refractivity contribution in [2.24, 2.45) is 0 Å². The van der Waals surface area contributed by atoms with E-state index in [1.807, 2.05) is 0 Å². The molecule has 0 N–H and O–H groups in total. The number of carbonyl (C=O) groups is 1. The second-order valence-electron chi connectivity index (χ2n) is 4.18. The van der Waals surface area contributed by atoms with Crippen molar-refractivity contribution in [3.8, 4) is 5.75 Å². The minimum absolute atomic E-state index is 0.0796. The fourth-order valence-electron chi connectivity index (χ4n) is 2.05. The maximum atomic E-state index is 13.3. The molecule has 1 saturated carbocycles. The Morgan fingerprint density at radius 1 is 1.25 bits per heavy atom. The lowest BCUT2D eigenvalue weighted by Crippen LogP contribution is -2.19. The van der Waals surface area contributed by atoms with Gasteiger partial charge in [-0.2, -0.15) is 0 Å². The molecule has 3 heteroatoms. The van der Waals surface area contributed by atoms with Crippen molar-refractivity contribution >= 4 is 6.29 Å². The van der Waals surface area contributed by atoms with Gasteiger partial charge in [-0.15, -0.1) is 0 Å². The summed E-state index contributed by atoms with van der Waals surface area (Å²) in [5.41, 5.74) is 0.0796. The van der Waals surface area contributed by atoms with Crippen LogP contribution < -0.4 is 4.74 Å². The van der Waals surface area contributed by atoms with Gasteiger partial charge in [0.15, 0.2) is 6.29 Å². The van der Waals surface area contributed by atoms with Gasteiger partial charge in [-0.1, -0.05) is 6.42 Å². The Morgan fingerprint density at radius 3 is 2.62 bits per heavy atom. The highest BCUT2D eigenvalue weighted by Crippen LogP contribution is 2.24. The van der Waals surface area contributed by atoms with Crippen LogP contribution in [0.3, 0.4) is 0 Å². The van der Waals surface area contributed by atoms with Crippen molar-refractivity contribution in [2.75, 3.05) is 0 Å². The third-order valence-corrected chi connectivity index (χ3v) is 2.95. The van der Waals surface area contributed by atoms with Gasteiger partial charge in [-0.25, -0.2) is 4.39 Å². The minimum atomic E-state index is -0.511. The molecule has 1 fully saturated rings. The van der Waals surface area contributed by atoms with Crippen molar-refractivity contribution in [3.05, 3.63) is 29.6 Å². The zero-order chi connectivity index (χ0) is 11.4. The minimum Gasteiger partial charge on any atom is -0.490 e. The monoisotopic (exact) mass is 222 g/mol. The first kappa shape index (κ1) is 11.1.